The van der Waals surface area contributed by atoms with E-state index < -0.39 is 0 Å². The van der Waals surface area contributed by atoms with Gasteiger partial charge in [-0.05, 0) is 51.2 Å². The van der Waals surface area contributed by atoms with Gasteiger partial charge in [-0.1, -0.05) is 133 Å². The van der Waals surface area contributed by atoms with E-state index in [-0.39, 0.29) is 0 Å². The van der Waals surface area contributed by atoms with Crippen molar-refractivity contribution in [3.63, 3.8) is 0 Å². The van der Waals surface area contributed by atoms with E-state index >= 15 is 0 Å². The van der Waals surface area contributed by atoms with Gasteiger partial charge in [0.1, 0.15) is 0 Å². The molecule has 1 N–H and O–H groups in total. The first-order valence-corrected chi connectivity index (χ1v) is 15.6. The maximum atomic E-state index is 4.94. The zero-order chi connectivity index (χ0) is 31.2. The highest BCUT2D eigenvalue weighted by Gasteiger charge is 2.14. The predicted octanol–water partition coefficient (Wildman–Crippen LogP) is 10.4. The fourth-order valence-electron chi connectivity index (χ4n) is 6.45. The summed E-state index contributed by atoms with van der Waals surface area (Å²) in [5.74, 6) is 1.94. The number of nitrogens with zero attached hydrogens (tertiary/aromatic N) is 4. The molecule has 0 aliphatic rings. The largest absolute Gasteiger partial charge is 0.344 e. The minimum Gasteiger partial charge on any atom is -0.344 e. The highest BCUT2D eigenvalue weighted by Crippen LogP contribution is 2.37. The number of fused-ring (bicyclic) bond motifs is 6. The lowest BCUT2D eigenvalue weighted by Gasteiger charge is -2.11. The van der Waals surface area contributed by atoms with Crippen molar-refractivity contribution in [1.82, 2.24) is 24.9 Å². The van der Waals surface area contributed by atoms with E-state index in [1.807, 2.05) is 60.7 Å². The zero-order valence-corrected chi connectivity index (χ0v) is 25.3. The van der Waals surface area contributed by atoms with Gasteiger partial charge in [-0.25, -0.2) is 19.9 Å². The summed E-state index contributed by atoms with van der Waals surface area (Å²) in [6.45, 7) is 0. The Morgan fingerprint density at radius 1 is 0.340 bits per heavy atom. The van der Waals surface area contributed by atoms with Crippen LogP contribution in [0.3, 0.4) is 0 Å². The third kappa shape index (κ3) is 4.82. The summed E-state index contributed by atoms with van der Waals surface area (Å²) in [5.41, 5.74) is 9.41. The van der Waals surface area contributed by atoms with Crippen molar-refractivity contribution < 1.29 is 0 Å². The second kappa shape index (κ2) is 11.2. The Morgan fingerprint density at radius 3 is 1.45 bits per heavy atom. The molecule has 5 nitrogen and oxygen atoms in total. The van der Waals surface area contributed by atoms with E-state index in [1.165, 1.54) is 16.2 Å². The number of nitrogens with one attached hydrogen (secondary N) is 1. The number of aromatic nitrogens is 5. The summed E-state index contributed by atoms with van der Waals surface area (Å²) in [7, 11) is 0. The van der Waals surface area contributed by atoms with Crippen LogP contribution in [-0.4, -0.2) is 24.9 Å². The molecule has 0 aliphatic heterocycles. The Balaban J connectivity index is 1.13. The molecule has 0 unspecified atom stereocenters. The molecule has 47 heavy (non-hydrogen) atoms. The van der Waals surface area contributed by atoms with Gasteiger partial charge >= 0.3 is 0 Å². The Morgan fingerprint density at radius 2 is 0.809 bits per heavy atom. The van der Waals surface area contributed by atoms with Crippen LogP contribution >= 0.6 is 0 Å². The molecule has 0 saturated heterocycles. The van der Waals surface area contributed by atoms with Gasteiger partial charge in [0.05, 0.1) is 17.4 Å². The summed E-state index contributed by atoms with van der Waals surface area (Å²) in [6.07, 6.45) is 1.79. The van der Waals surface area contributed by atoms with Gasteiger partial charge in [-0.2, -0.15) is 0 Å². The lowest BCUT2D eigenvalue weighted by molar-refractivity contribution is 1.07. The maximum absolute atomic E-state index is 4.94. The lowest BCUT2D eigenvalue weighted by atomic mass is 9.94. The smallest absolute Gasteiger partial charge is 0.164 e. The van der Waals surface area contributed by atoms with Crippen molar-refractivity contribution in [3.8, 4) is 56.4 Å². The number of rotatable bonds is 5. The Labute approximate surface area is 271 Å². The number of imidazole rings is 1. The first kappa shape index (κ1) is 26.9. The molecule has 220 valence electrons. The van der Waals surface area contributed by atoms with Gasteiger partial charge < -0.3 is 4.98 Å². The summed E-state index contributed by atoms with van der Waals surface area (Å²) in [6, 6.07) is 52.5. The Hall–Kier alpha value is -6.46. The molecule has 0 atom stereocenters. The van der Waals surface area contributed by atoms with Crippen LogP contribution in [0.25, 0.3) is 89.0 Å². The number of aromatic amines is 1. The fourth-order valence-corrected chi connectivity index (χ4v) is 6.45. The Kier molecular flexibility index (Phi) is 6.39. The van der Waals surface area contributed by atoms with Crippen LogP contribution < -0.4 is 0 Å². The second-order valence-electron chi connectivity index (χ2n) is 11.6. The van der Waals surface area contributed by atoms with Gasteiger partial charge in [0.15, 0.2) is 17.5 Å². The van der Waals surface area contributed by atoms with E-state index in [0.29, 0.717) is 17.5 Å². The molecular weight excluding hydrogens is 574 g/mol. The molecule has 2 aromatic heterocycles. The lowest BCUT2D eigenvalue weighted by Crippen LogP contribution is -2.00. The van der Waals surface area contributed by atoms with E-state index in [9.17, 15) is 0 Å². The molecule has 0 aliphatic carbocycles. The molecule has 9 aromatic rings. The summed E-state index contributed by atoms with van der Waals surface area (Å²) in [5, 5.41) is 4.76. The number of hydrogen-bond donors (Lipinski definition) is 1. The summed E-state index contributed by atoms with van der Waals surface area (Å²) < 4.78 is 0. The van der Waals surface area contributed by atoms with Crippen molar-refractivity contribution in [3.05, 3.63) is 158 Å². The van der Waals surface area contributed by atoms with Crippen LogP contribution in [-0.2, 0) is 0 Å². The third-order valence-corrected chi connectivity index (χ3v) is 8.75. The van der Waals surface area contributed by atoms with Crippen LogP contribution in [0.4, 0.5) is 0 Å². The fraction of sp³-hybridized carbons (Fsp3) is 0. The van der Waals surface area contributed by atoms with Gasteiger partial charge in [0.25, 0.3) is 0 Å². The van der Waals surface area contributed by atoms with Crippen molar-refractivity contribution in [1.29, 1.82) is 0 Å². The first-order chi connectivity index (χ1) is 23.3. The van der Waals surface area contributed by atoms with E-state index in [4.69, 9.17) is 15.0 Å². The van der Waals surface area contributed by atoms with E-state index in [2.05, 4.69) is 101 Å². The summed E-state index contributed by atoms with van der Waals surface area (Å²) in [4.78, 5) is 22.8. The molecule has 2 heterocycles. The van der Waals surface area contributed by atoms with Crippen LogP contribution in [0, 0.1) is 0 Å². The van der Waals surface area contributed by atoms with Crippen molar-refractivity contribution in [2.45, 2.75) is 0 Å². The topological polar surface area (TPSA) is 67.3 Å². The second-order valence-corrected chi connectivity index (χ2v) is 11.6. The molecule has 0 radical (unpaired) electrons. The van der Waals surface area contributed by atoms with Crippen molar-refractivity contribution in [2.24, 2.45) is 0 Å². The molecule has 0 spiro atoms. The van der Waals surface area contributed by atoms with Crippen LogP contribution in [0.1, 0.15) is 0 Å². The molecule has 0 bridgehead atoms. The number of benzene rings is 7. The molecule has 9 rings (SSSR count). The number of hydrogen-bond acceptors (Lipinski definition) is 4. The highest BCUT2D eigenvalue weighted by atomic mass is 15.0. The highest BCUT2D eigenvalue weighted by molar-refractivity contribution is 6.23. The van der Waals surface area contributed by atoms with E-state index in [0.717, 1.165) is 55.4 Å². The van der Waals surface area contributed by atoms with Crippen LogP contribution in [0.5, 0.6) is 0 Å². The van der Waals surface area contributed by atoms with Gasteiger partial charge in [0, 0.05) is 27.5 Å². The van der Waals surface area contributed by atoms with E-state index in [1.54, 1.807) is 6.33 Å². The van der Waals surface area contributed by atoms with Crippen LogP contribution in [0.15, 0.2) is 158 Å². The van der Waals surface area contributed by atoms with Gasteiger partial charge in [-0.15, -0.1) is 0 Å². The normalized spacial score (nSPS) is 11.4. The van der Waals surface area contributed by atoms with Crippen molar-refractivity contribution >= 4 is 32.6 Å². The minimum absolute atomic E-state index is 0.640. The van der Waals surface area contributed by atoms with Gasteiger partial charge in [-0.3, -0.25) is 0 Å². The maximum Gasteiger partial charge on any atom is 0.164 e. The summed E-state index contributed by atoms with van der Waals surface area (Å²) >= 11 is 0. The predicted molar refractivity (Wildman–Crippen MR) is 192 cm³/mol. The van der Waals surface area contributed by atoms with Gasteiger partial charge in [0.2, 0.25) is 0 Å². The molecular formula is C42H27N5. The standard InChI is InChI=1S/C42H27N5/c1-3-11-27(12-4-1)40-45-41(28-13-5-2-6-14-28)47-42(46-40)33-18-10-17-31(24-33)29-15-9-16-30(23-29)32-21-22-35-34-19-7-8-20-36(34)38-39(37(35)25-32)44-26-43-38/h1-26H,(H,43,44). The molecule has 0 saturated carbocycles. The SMILES string of the molecule is c1ccc(-c2nc(-c3ccccc3)nc(-c3cccc(-c4cccc(-c5ccc6c7ccccc7c7nc[nH]c7c6c5)c4)c3)n2)cc1. The minimum atomic E-state index is 0.640. The molecule has 5 heteroatoms. The molecule has 7 aromatic carbocycles. The first-order valence-electron chi connectivity index (χ1n) is 15.6. The van der Waals surface area contributed by atoms with Crippen LogP contribution in [0.2, 0.25) is 0 Å². The Bertz CT molecular complexity index is 2510. The van der Waals surface area contributed by atoms with Crippen molar-refractivity contribution in [2.75, 3.05) is 0 Å². The monoisotopic (exact) mass is 601 g/mol. The average molecular weight is 602 g/mol. The quantitative estimate of drug-likeness (QED) is 0.199. The zero-order valence-electron chi connectivity index (χ0n) is 25.3. The number of H-pyrrole nitrogens is 1. The molecule has 0 fully saturated rings. The molecule has 0 amide bonds. The third-order valence-electron chi connectivity index (χ3n) is 8.75. The average Bonchev–Trinajstić information content (AvgIpc) is 3.66.